The van der Waals surface area contributed by atoms with E-state index in [1.54, 1.807) is 0 Å². The minimum Gasteiger partial charge on any atom is -0.309 e. The molecule has 0 fully saturated rings. The van der Waals surface area contributed by atoms with E-state index < -0.39 is 0 Å². The quantitative estimate of drug-likeness (QED) is 0.171. The van der Waals surface area contributed by atoms with E-state index in [2.05, 4.69) is 221 Å². The van der Waals surface area contributed by atoms with Crippen molar-refractivity contribution in [3.8, 4) is 67.3 Å². The molecule has 0 unspecified atom stereocenters. The Morgan fingerprint density at radius 3 is 1.43 bits per heavy atom. The highest BCUT2D eigenvalue weighted by Crippen LogP contribution is 2.47. The first-order chi connectivity index (χ1) is 29.7. The van der Waals surface area contributed by atoms with Crippen LogP contribution in [-0.2, 0) is 0 Å². The van der Waals surface area contributed by atoms with E-state index in [0.29, 0.717) is 0 Å². The van der Waals surface area contributed by atoms with Gasteiger partial charge in [0.15, 0.2) is 0 Å². The molecule has 60 heavy (non-hydrogen) atoms. The van der Waals surface area contributed by atoms with Gasteiger partial charge in [-0.3, -0.25) is 0 Å². The van der Waals surface area contributed by atoms with Crippen molar-refractivity contribution in [3.63, 3.8) is 0 Å². The van der Waals surface area contributed by atoms with Crippen LogP contribution in [0, 0.1) is 0 Å². The predicted molar refractivity (Wildman–Crippen MR) is 251 cm³/mol. The van der Waals surface area contributed by atoms with Crippen LogP contribution in [0.4, 0.5) is 0 Å². The SMILES string of the molecule is c1ccc(-n2c3ccccc3c3cc(-c4ccc5c(c4)c4cc(-c6cccc(-c7cc8cccc9c8c(n7)-c7ccccc7-9)c6)ccc4n5-c4ccccc4)ccc32)cc1. The van der Waals surface area contributed by atoms with Crippen LogP contribution in [0.3, 0.4) is 0 Å². The number of rotatable bonds is 5. The molecular weight excluding hydrogens is 727 g/mol. The molecular formula is C57H35N3. The maximum Gasteiger partial charge on any atom is 0.0800 e. The molecule has 0 radical (unpaired) electrons. The fourth-order valence-corrected chi connectivity index (χ4v) is 9.91. The van der Waals surface area contributed by atoms with E-state index in [1.807, 2.05) is 0 Å². The van der Waals surface area contributed by atoms with Crippen molar-refractivity contribution in [2.75, 3.05) is 0 Å². The Bertz CT molecular complexity index is 3700. The maximum atomic E-state index is 5.33. The van der Waals surface area contributed by atoms with Crippen molar-refractivity contribution >= 4 is 54.4 Å². The monoisotopic (exact) mass is 761 g/mol. The highest BCUT2D eigenvalue weighted by molar-refractivity contribution is 6.15. The van der Waals surface area contributed by atoms with Crippen molar-refractivity contribution < 1.29 is 0 Å². The van der Waals surface area contributed by atoms with Crippen LogP contribution < -0.4 is 0 Å². The summed E-state index contributed by atoms with van der Waals surface area (Å²) in [5.74, 6) is 0. The van der Waals surface area contributed by atoms with Crippen molar-refractivity contribution in [3.05, 3.63) is 212 Å². The lowest BCUT2D eigenvalue weighted by atomic mass is 9.97. The summed E-state index contributed by atoms with van der Waals surface area (Å²) in [7, 11) is 0. The molecule has 12 aromatic rings. The molecule has 3 heterocycles. The molecule has 0 spiro atoms. The second-order valence-corrected chi connectivity index (χ2v) is 15.9. The lowest BCUT2D eigenvalue weighted by Gasteiger charge is -2.10. The zero-order chi connectivity index (χ0) is 39.3. The normalized spacial score (nSPS) is 12.0. The minimum absolute atomic E-state index is 0.989. The molecule has 13 rings (SSSR count). The minimum atomic E-state index is 0.989. The van der Waals surface area contributed by atoms with Gasteiger partial charge in [-0.2, -0.15) is 0 Å². The van der Waals surface area contributed by atoms with E-state index >= 15 is 0 Å². The summed E-state index contributed by atoms with van der Waals surface area (Å²) in [5.41, 5.74) is 18.8. The van der Waals surface area contributed by atoms with Gasteiger partial charge in [0.25, 0.3) is 0 Å². The molecule has 3 aromatic heterocycles. The first kappa shape index (κ1) is 33.0. The van der Waals surface area contributed by atoms with Gasteiger partial charge in [0.2, 0.25) is 0 Å². The van der Waals surface area contributed by atoms with Gasteiger partial charge in [0.05, 0.1) is 33.5 Å². The molecule has 3 nitrogen and oxygen atoms in total. The summed E-state index contributed by atoms with van der Waals surface area (Å²) >= 11 is 0. The summed E-state index contributed by atoms with van der Waals surface area (Å²) < 4.78 is 4.78. The third kappa shape index (κ3) is 4.87. The molecule has 278 valence electrons. The highest BCUT2D eigenvalue weighted by atomic mass is 15.0. The van der Waals surface area contributed by atoms with Crippen molar-refractivity contribution in [1.82, 2.24) is 14.1 Å². The zero-order valence-corrected chi connectivity index (χ0v) is 32.5. The fourth-order valence-electron chi connectivity index (χ4n) is 9.91. The fraction of sp³-hybridized carbons (Fsp3) is 0. The van der Waals surface area contributed by atoms with Gasteiger partial charge in [-0.25, -0.2) is 4.98 Å². The van der Waals surface area contributed by atoms with Crippen LogP contribution in [0.2, 0.25) is 0 Å². The number of para-hydroxylation sites is 3. The average molecular weight is 762 g/mol. The van der Waals surface area contributed by atoms with Gasteiger partial charge in [-0.05, 0) is 118 Å². The number of hydrogen-bond acceptors (Lipinski definition) is 1. The van der Waals surface area contributed by atoms with Crippen LogP contribution in [0.25, 0.3) is 122 Å². The van der Waals surface area contributed by atoms with E-state index in [4.69, 9.17) is 4.98 Å². The number of aromatic nitrogens is 3. The molecule has 0 bridgehead atoms. The van der Waals surface area contributed by atoms with Crippen LogP contribution in [0.5, 0.6) is 0 Å². The number of pyridine rings is 1. The second kappa shape index (κ2) is 12.7. The number of nitrogens with zero attached hydrogens (tertiary/aromatic N) is 3. The molecule has 0 amide bonds. The summed E-state index contributed by atoms with van der Waals surface area (Å²) in [5, 5.41) is 7.43. The largest absolute Gasteiger partial charge is 0.309 e. The van der Waals surface area contributed by atoms with E-state index in [0.717, 1.165) is 22.6 Å². The van der Waals surface area contributed by atoms with Gasteiger partial charge in [0, 0.05) is 49.4 Å². The summed E-state index contributed by atoms with van der Waals surface area (Å²) in [4.78, 5) is 5.33. The number of fused-ring (bicyclic) bond motifs is 9. The molecule has 0 saturated heterocycles. The van der Waals surface area contributed by atoms with Crippen LogP contribution in [0.15, 0.2) is 212 Å². The smallest absolute Gasteiger partial charge is 0.0800 e. The van der Waals surface area contributed by atoms with Gasteiger partial charge in [0.1, 0.15) is 0 Å². The number of hydrogen-bond donors (Lipinski definition) is 0. The van der Waals surface area contributed by atoms with Crippen LogP contribution in [0.1, 0.15) is 0 Å². The van der Waals surface area contributed by atoms with Gasteiger partial charge in [-0.1, -0.05) is 133 Å². The Labute approximate surface area is 346 Å². The highest BCUT2D eigenvalue weighted by Gasteiger charge is 2.23. The second-order valence-electron chi connectivity index (χ2n) is 15.9. The topological polar surface area (TPSA) is 22.8 Å². The average Bonchev–Trinajstić information content (AvgIpc) is 3.95. The van der Waals surface area contributed by atoms with Crippen molar-refractivity contribution in [2.45, 2.75) is 0 Å². The summed E-state index contributed by atoms with van der Waals surface area (Å²) in [6, 6.07) is 77.4. The third-order valence-electron chi connectivity index (χ3n) is 12.6. The lowest BCUT2D eigenvalue weighted by molar-refractivity contribution is 1.18. The number of benzene rings is 9. The first-order valence-corrected chi connectivity index (χ1v) is 20.6. The Morgan fingerprint density at radius 1 is 0.300 bits per heavy atom. The van der Waals surface area contributed by atoms with E-state index in [9.17, 15) is 0 Å². The lowest BCUT2D eigenvalue weighted by Crippen LogP contribution is -1.93. The van der Waals surface area contributed by atoms with Crippen molar-refractivity contribution in [1.29, 1.82) is 0 Å². The first-order valence-electron chi connectivity index (χ1n) is 20.6. The third-order valence-corrected chi connectivity index (χ3v) is 12.6. The molecule has 0 saturated carbocycles. The summed E-state index contributed by atoms with van der Waals surface area (Å²) in [6.45, 7) is 0. The Hall–Kier alpha value is -8.01. The van der Waals surface area contributed by atoms with Gasteiger partial charge in [-0.15, -0.1) is 0 Å². The molecule has 1 aliphatic carbocycles. The maximum absolute atomic E-state index is 5.33. The Kier molecular flexibility index (Phi) is 7.01. The molecule has 0 atom stereocenters. The van der Waals surface area contributed by atoms with Gasteiger partial charge < -0.3 is 9.13 Å². The molecule has 0 N–H and O–H groups in total. The Balaban J connectivity index is 0.966. The molecule has 9 aromatic carbocycles. The molecule has 3 heteroatoms. The Morgan fingerprint density at radius 2 is 0.783 bits per heavy atom. The standard InChI is InChI=1S/C57H35N3/c1-3-16-42(17-4-1)59-52-24-10-9-21-45(52)48-32-38(26-28-53(48)59)39-27-30-55-50(34-39)49-33-37(25-29-54(49)60(55)43-18-5-2-6-19-43)36-13-11-14-40(31-36)51-35-41-15-12-23-46-44-20-7-8-22-47(44)57(58-51)56(41)46/h1-35H. The summed E-state index contributed by atoms with van der Waals surface area (Å²) in [6.07, 6.45) is 0. The van der Waals surface area contributed by atoms with Crippen molar-refractivity contribution in [2.24, 2.45) is 0 Å². The van der Waals surface area contributed by atoms with Crippen LogP contribution in [-0.4, -0.2) is 14.1 Å². The van der Waals surface area contributed by atoms with E-state index in [-0.39, 0.29) is 0 Å². The predicted octanol–water partition coefficient (Wildman–Crippen LogP) is 15.1. The molecule has 1 aliphatic rings. The van der Waals surface area contributed by atoms with Crippen LogP contribution >= 0.6 is 0 Å². The van der Waals surface area contributed by atoms with E-state index in [1.165, 1.54) is 99.0 Å². The molecule has 0 aliphatic heterocycles. The van der Waals surface area contributed by atoms with Gasteiger partial charge >= 0.3 is 0 Å². The zero-order valence-electron chi connectivity index (χ0n) is 32.5.